The molecule has 102 valence electrons. The minimum absolute atomic E-state index is 0.811. The lowest BCUT2D eigenvalue weighted by molar-refractivity contribution is 0.620. The largest absolute Gasteiger partial charge is 0.369 e. The summed E-state index contributed by atoms with van der Waals surface area (Å²) in [6.07, 6.45) is 11.3. The molecule has 2 aromatic heterocycles. The Bertz CT molecular complexity index is 468. The highest BCUT2D eigenvalue weighted by Gasteiger charge is 1.97. The summed E-state index contributed by atoms with van der Waals surface area (Å²) in [6.45, 7) is 4.80. The van der Waals surface area contributed by atoms with Crippen molar-refractivity contribution in [3.05, 3.63) is 31.1 Å². The van der Waals surface area contributed by atoms with Gasteiger partial charge in [-0.15, -0.1) is 0 Å². The van der Waals surface area contributed by atoms with E-state index >= 15 is 0 Å². The molecule has 6 heteroatoms. The summed E-state index contributed by atoms with van der Waals surface area (Å²) in [5, 5.41) is 6.43. The topological polar surface area (TPSA) is 67.7 Å². The van der Waals surface area contributed by atoms with Crippen LogP contribution < -0.4 is 10.6 Å². The van der Waals surface area contributed by atoms with Crippen LogP contribution in [-0.2, 0) is 6.54 Å². The van der Waals surface area contributed by atoms with E-state index in [1.165, 1.54) is 0 Å². The zero-order valence-corrected chi connectivity index (χ0v) is 11.2. The number of nitrogens with zero attached hydrogens (tertiary/aromatic N) is 4. The Balaban J connectivity index is 1.66. The average Bonchev–Trinajstić information content (AvgIpc) is 2.92. The van der Waals surface area contributed by atoms with Crippen LogP contribution in [0.3, 0.4) is 0 Å². The minimum Gasteiger partial charge on any atom is -0.369 e. The van der Waals surface area contributed by atoms with E-state index < -0.39 is 0 Å². The van der Waals surface area contributed by atoms with E-state index in [4.69, 9.17) is 0 Å². The molecule has 0 aromatic carbocycles. The fourth-order valence-corrected chi connectivity index (χ4v) is 1.77. The van der Waals surface area contributed by atoms with Gasteiger partial charge in [0.05, 0.1) is 18.7 Å². The summed E-state index contributed by atoms with van der Waals surface area (Å²) in [6, 6.07) is 0. The van der Waals surface area contributed by atoms with Gasteiger partial charge in [-0.05, 0) is 19.8 Å². The average molecular weight is 260 g/mol. The van der Waals surface area contributed by atoms with Crippen LogP contribution in [0.15, 0.2) is 31.1 Å². The molecule has 0 spiro atoms. The van der Waals surface area contributed by atoms with Gasteiger partial charge in [0.1, 0.15) is 11.6 Å². The van der Waals surface area contributed by atoms with Crippen molar-refractivity contribution in [2.24, 2.45) is 0 Å². The molecule has 0 atom stereocenters. The van der Waals surface area contributed by atoms with Crippen molar-refractivity contribution in [1.29, 1.82) is 0 Å². The summed E-state index contributed by atoms with van der Waals surface area (Å²) in [4.78, 5) is 12.6. The maximum Gasteiger partial charge on any atom is 0.146 e. The third-order valence-corrected chi connectivity index (χ3v) is 2.70. The Morgan fingerprint density at radius 2 is 1.95 bits per heavy atom. The lowest BCUT2D eigenvalue weighted by Gasteiger charge is -2.07. The zero-order chi connectivity index (χ0) is 13.3. The third-order valence-electron chi connectivity index (χ3n) is 2.70. The van der Waals surface area contributed by atoms with E-state index in [1.54, 1.807) is 18.6 Å². The van der Waals surface area contributed by atoms with E-state index in [9.17, 15) is 0 Å². The Labute approximate surface area is 113 Å². The second-order valence-electron chi connectivity index (χ2n) is 4.25. The second kappa shape index (κ2) is 7.35. The van der Waals surface area contributed by atoms with Crippen LogP contribution in [0.2, 0.25) is 0 Å². The van der Waals surface area contributed by atoms with Crippen LogP contribution in [0.1, 0.15) is 19.8 Å². The van der Waals surface area contributed by atoms with E-state index in [-0.39, 0.29) is 0 Å². The highest BCUT2D eigenvalue weighted by atomic mass is 15.1. The molecular formula is C13H20N6. The molecule has 0 aliphatic carbocycles. The second-order valence-corrected chi connectivity index (χ2v) is 4.25. The molecule has 2 aromatic rings. The van der Waals surface area contributed by atoms with E-state index in [1.807, 2.05) is 19.4 Å². The molecule has 0 unspecified atom stereocenters. The van der Waals surface area contributed by atoms with Gasteiger partial charge in [0.15, 0.2) is 0 Å². The van der Waals surface area contributed by atoms with Crippen molar-refractivity contribution in [2.75, 3.05) is 23.7 Å². The van der Waals surface area contributed by atoms with Gasteiger partial charge in [-0.3, -0.25) is 4.98 Å². The van der Waals surface area contributed by atoms with Gasteiger partial charge in [0.2, 0.25) is 0 Å². The Morgan fingerprint density at radius 3 is 2.68 bits per heavy atom. The monoisotopic (exact) mass is 260 g/mol. The molecule has 19 heavy (non-hydrogen) atoms. The summed E-state index contributed by atoms with van der Waals surface area (Å²) in [7, 11) is 0. The number of imidazole rings is 1. The maximum absolute atomic E-state index is 4.41. The number of aryl methyl sites for hydroxylation is 1. The van der Waals surface area contributed by atoms with Crippen LogP contribution in [-0.4, -0.2) is 32.6 Å². The molecule has 0 aliphatic rings. The van der Waals surface area contributed by atoms with Gasteiger partial charge in [0.25, 0.3) is 0 Å². The van der Waals surface area contributed by atoms with Crippen molar-refractivity contribution in [1.82, 2.24) is 19.5 Å². The summed E-state index contributed by atoms with van der Waals surface area (Å²) in [5.41, 5.74) is 0. The number of unbranched alkanes of at least 4 members (excludes halogenated alkanes) is 1. The number of rotatable bonds is 8. The normalized spacial score (nSPS) is 10.4. The number of nitrogens with one attached hydrogen (secondary N) is 2. The predicted molar refractivity (Wildman–Crippen MR) is 76.1 cm³/mol. The first-order chi connectivity index (χ1) is 9.38. The minimum atomic E-state index is 0.811. The SMILES string of the molecule is CCNc1cncc(NCCCCn2ccnc2)n1. The molecule has 0 fully saturated rings. The molecule has 2 heterocycles. The van der Waals surface area contributed by atoms with Crippen molar-refractivity contribution in [3.63, 3.8) is 0 Å². The predicted octanol–water partition coefficient (Wildman–Crippen LogP) is 2.00. The molecule has 0 amide bonds. The quantitative estimate of drug-likeness (QED) is 0.711. The molecule has 2 rings (SSSR count). The molecular weight excluding hydrogens is 240 g/mol. The highest BCUT2D eigenvalue weighted by Crippen LogP contribution is 2.06. The smallest absolute Gasteiger partial charge is 0.146 e. The number of anilines is 2. The molecule has 0 saturated carbocycles. The fraction of sp³-hybridized carbons (Fsp3) is 0.462. The molecule has 0 bridgehead atoms. The fourth-order valence-electron chi connectivity index (χ4n) is 1.77. The first-order valence-electron chi connectivity index (χ1n) is 6.64. The van der Waals surface area contributed by atoms with Crippen LogP contribution in [0.25, 0.3) is 0 Å². The van der Waals surface area contributed by atoms with E-state index in [0.717, 1.165) is 44.1 Å². The summed E-state index contributed by atoms with van der Waals surface area (Å²) >= 11 is 0. The van der Waals surface area contributed by atoms with E-state index in [2.05, 4.69) is 30.2 Å². The maximum atomic E-state index is 4.41. The van der Waals surface area contributed by atoms with Crippen LogP contribution in [0.5, 0.6) is 0 Å². The van der Waals surface area contributed by atoms with Crippen LogP contribution >= 0.6 is 0 Å². The van der Waals surface area contributed by atoms with Crippen molar-refractivity contribution >= 4 is 11.6 Å². The Hall–Kier alpha value is -2.11. The number of aromatic nitrogens is 4. The first kappa shape index (κ1) is 13.3. The van der Waals surface area contributed by atoms with Crippen molar-refractivity contribution < 1.29 is 0 Å². The van der Waals surface area contributed by atoms with Crippen LogP contribution in [0.4, 0.5) is 11.6 Å². The summed E-state index contributed by atoms with van der Waals surface area (Å²) in [5.74, 6) is 1.63. The van der Waals surface area contributed by atoms with Crippen LogP contribution in [0, 0.1) is 0 Å². The lowest BCUT2D eigenvalue weighted by atomic mass is 10.3. The Kier molecular flexibility index (Phi) is 5.16. The molecule has 0 saturated heterocycles. The van der Waals surface area contributed by atoms with Gasteiger partial charge >= 0.3 is 0 Å². The molecule has 2 N–H and O–H groups in total. The zero-order valence-electron chi connectivity index (χ0n) is 11.2. The first-order valence-corrected chi connectivity index (χ1v) is 6.64. The van der Waals surface area contributed by atoms with Gasteiger partial charge < -0.3 is 15.2 Å². The highest BCUT2D eigenvalue weighted by molar-refractivity contribution is 5.41. The van der Waals surface area contributed by atoms with Gasteiger partial charge in [-0.1, -0.05) is 0 Å². The third kappa shape index (κ3) is 4.57. The number of hydrogen-bond acceptors (Lipinski definition) is 5. The molecule has 0 radical (unpaired) electrons. The van der Waals surface area contributed by atoms with Crippen molar-refractivity contribution in [2.45, 2.75) is 26.3 Å². The van der Waals surface area contributed by atoms with Gasteiger partial charge in [-0.2, -0.15) is 0 Å². The van der Waals surface area contributed by atoms with Crippen molar-refractivity contribution in [3.8, 4) is 0 Å². The number of hydrogen-bond donors (Lipinski definition) is 2. The van der Waals surface area contributed by atoms with Gasteiger partial charge in [-0.25, -0.2) is 9.97 Å². The van der Waals surface area contributed by atoms with E-state index in [0.29, 0.717) is 0 Å². The molecule has 0 aliphatic heterocycles. The standard InChI is InChI=1S/C13H20N6/c1-2-16-12-9-15-10-13(18-12)17-5-3-4-7-19-8-6-14-11-19/h6,8-11H,2-5,7H2,1H3,(H2,16,17,18). The summed E-state index contributed by atoms with van der Waals surface area (Å²) < 4.78 is 2.09. The lowest BCUT2D eigenvalue weighted by Crippen LogP contribution is -2.07. The Morgan fingerprint density at radius 1 is 1.11 bits per heavy atom. The molecule has 6 nitrogen and oxygen atoms in total. The van der Waals surface area contributed by atoms with Gasteiger partial charge in [0, 0.05) is 32.0 Å².